The Balaban J connectivity index is 2.19. The van der Waals surface area contributed by atoms with Crippen LogP contribution in [0.25, 0.3) is 21.2 Å². The van der Waals surface area contributed by atoms with E-state index >= 15 is 0 Å². The fraction of sp³-hybridized carbons (Fsp3) is 0.167. The molecule has 3 aromatic rings. The van der Waals surface area contributed by atoms with Crippen molar-refractivity contribution in [3.05, 3.63) is 58.5 Å². The summed E-state index contributed by atoms with van der Waals surface area (Å²) in [7, 11) is 0. The third-order valence-corrected chi connectivity index (χ3v) is 5.68. The van der Waals surface area contributed by atoms with Crippen LogP contribution in [0.2, 0.25) is 0 Å². The second-order valence-electron chi connectivity index (χ2n) is 5.13. The van der Waals surface area contributed by atoms with Crippen LogP contribution in [0.3, 0.4) is 0 Å². The van der Waals surface area contributed by atoms with Gasteiger partial charge in [-0.1, -0.05) is 22.0 Å². The summed E-state index contributed by atoms with van der Waals surface area (Å²) < 4.78 is 33.7. The molecule has 124 valence electrons. The number of esters is 1. The molecule has 0 fully saturated rings. The SMILES string of the molecule is CCOC(=O)c1cc(F)cc(-c2ccc(F)c3cc(CBr)sc23)c1. The van der Waals surface area contributed by atoms with E-state index in [1.807, 2.05) is 0 Å². The van der Waals surface area contributed by atoms with Crippen molar-refractivity contribution in [3.63, 3.8) is 0 Å². The molecule has 3 rings (SSSR count). The highest BCUT2D eigenvalue weighted by molar-refractivity contribution is 9.08. The molecule has 0 saturated heterocycles. The van der Waals surface area contributed by atoms with Gasteiger partial charge in [-0.15, -0.1) is 11.3 Å². The van der Waals surface area contributed by atoms with E-state index in [4.69, 9.17) is 4.74 Å². The minimum Gasteiger partial charge on any atom is -0.462 e. The monoisotopic (exact) mass is 410 g/mol. The van der Waals surface area contributed by atoms with Crippen LogP contribution >= 0.6 is 27.3 Å². The van der Waals surface area contributed by atoms with Gasteiger partial charge in [0.05, 0.1) is 12.2 Å². The second-order valence-corrected chi connectivity index (χ2v) is 6.83. The average Bonchev–Trinajstić information content (AvgIpc) is 3.00. The molecule has 0 spiro atoms. The molecule has 0 atom stereocenters. The number of hydrogen-bond acceptors (Lipinski definition) is 3. The van der Waals surface area contributed by atoms with Crippen LogP contribution in [0.1, 0.15) is 22.2 Å². The second kappa shape index (κ2) is 6.99. The minimum atomic E-state index is -0.580. The van der Waals surface area contributed by atoms with Gasteiger partial charge in [0.15, 0.2) is 0 Å². The number of alkyl halides is 1. The molecule has 0 unspecified atom stereocenters. The van der Waals surface area contributed by atoms with Crippen LogP contribution in [0.4, 0.5) is 8.78 Å². The maximum absolute atomic E-state index is 14.1. The molecule has 2 aromatic carbocycles. The van der Waals surface area contributed by atoms with Gasteiger partial charge >= 0.3 is 5.97 Å². The molecule has 1 aromatic heterocycles. The number of carbonyl (C=O) groups excluding carboxylic acids is 1. The minimum absolute atomic E-state index is 0.140. The van der Waals surface area contributed by atoms with Crippen LogP contribution < -0.4 is 0 Å². The largest absolute Gasteiger partial charge is 0.462 e. The molecule has 0 saturated carbocycles. The molecule has 0 N–H and O–H groups in total. The van der Waals surface area contributed by atoms with Gasteiger partial charge in [-0.2, -0.15) is 0 Å². The van der Waals surface area contributed by atoms with Gasteiger partial charge in [0.1, 0.15) is 11.6 Å². The van der Waals surface area contributed by atoms with Crippen molar-refractivity contribution >= 4 is 43.3 Å². The quantitative estimate of drug-likeness (QED) is 0.394. The van der Waals surface area contributed by atoms with Gasteiger partial charge in [0, 0.05) is 20.3 Å². The Morgan fingerprint density at radius 1 is 1.21 bits per heavy atom. The summed E-state index contributed by atoms with van der Waals surface area (Å²) in [5.41, 5.74) is 1.35. The third-order valence-electron chi connectivity index (χ3n) is 3.53. The highest BCUT2D eigenvalue weighted by Gasteiger charge is 2.15. The summed E-state index contributed by atoms with van der Waals surface area (Å²) in [6.07, 6.45) is 0. The first kappa shape index (κ1) is 17.0. The van der Waals surface area contributed by atoms with Crippen LogP contribution in [-0.4, -0.2) is 12.6 Å². The highest BCUT2D eigenvalue weighted by atomic mass is 79.9. The molecular formula is C18H13BrF2O2S. The van der Waals surface area contributed by atoms with E-state index in [9.17, 15) is 13.6 Å². The lowest BCUT2D eigenvalue weighted by Gasteiger charge is -2.08. The third kappa shape index (κ3) is 3.21. The smallest absolute Gasteiger partial charge is 0.338 e. The Kier molecular flexibility index (Phi) is 4.96. The molecule has 0 amide bonds. The summed E-state index contributed by atoms with van der Waals surface area (Å²) in [5, 5.41) is 1.11. The van der Waals surface area contributed by atoms with Crippen molar-refractivity contribution in [2.75, 3.05) is 6.61 Å². The number of thiophene rings is 1. The molecule has 0 aliphatic carbocycles. The van der Waals surface area contributed by atoms with Crippen molar-refractivity contribution in [3.8, 4) is 11.1 Å². The Morgan fingerprint density at radius 3 is 2.71 bits per heavy atom. The van der Waals surface area contributed by atoms with Gasteiger partial charge in [0.2, 0.25) is 0 Å². The average molecular weight is 411 g/mol. The molecule has 2 nitrogen and oxygen atoms in total. The first-order valence-corrected chi connectivity index (χ1v) is 9.22. The van der Waals surface area contributed by atoms with Crippen molar-refractivity contribution in [2.45, 2.75) is 12.3 Å². The number of rotatable bonds is 4. The van der Waals surface area contributed by atoms with Gasteiger partial charge in [-0.25, -0.2) is 13.6 Å². The first-order chi connectivity index (χ1) is 11.5. The summed E-state index contributed by atoms with van der Waals surface area (Å²) >= 11 is 4.81. The Morgan fingerprint density at radius 2 is 2.00 bits per heavy atom. The summed E-state index contributed by atoms with van der Waals surface area (Å²) in [6.45, 7) is 1.90. The fourth-order valence-corrected chi connectivity index (χ4v) is 4.07. The number of benzene rings is 2. The zero-order valence-corrected chi connectivity index (χ0v) is 15.1. The Bertz CT molecular complexity index is 921. The van der Waals surface area contributed by atoms with Gasteiger partial charge in [-0.05, 0) is 48.4 Å². The zero-order chi connectivity index (χ0) is 17.3. The van der Waals surface area contributed by atoms with Crippen LogP contribution in [0, 0.1) is 11.6 Å². The van der Waals surface area contributed by atoms with Crippen molar-refractivity contribution < 1.29 is 18.3 Å². The van der Waals surface area contributed by atoms with Crippen LogP contribution in [-0.2, 0) is 10.1 Å². The lowest BCUT2D eigenvalue weighted by molar-refractivity contribution is 0.0526. The predicted octanol–water partition coefficient (Wildman–Crippen LogP) is 5.92. The van der Waals surface area contributed by atoms with E-state index in [1.165, 1.54) is 23.5 Å². The van der Waals surface area contributed by atoms with Crippen molar-refractivity contribution in [2.24, 2.45) is 0 Å². The van der Waals surface area contributed by atoms with Gasteiger partial charge < -0.3 is 4.74 Å². The standard InChI is InChI=1S/C18H13BrF2O2S/c1-2-23-18(22)11-5-10(6-12(20)7-11)14-3-4-16(21)15-8-13(9-19)24-17(14)15/h3-8H,2,9H2,1H3. The number of ether oxygens (including phenoxy) is 1. The number of hydrogen-bond donors (Lipinski definition) is 0. The van der Waals surface area contributed by atoms with Crippen molar-refractivity contribution in [1.82, 2.24) is 0 Å². The van der Waals surface area contributed by atoms with Gasteiger partial charge in [0.25, 0.3) is 0 Å². The maximum atomic E-state index is 14.1. The normalized spacial score (nSPS) is 11.0. The molecule has 0 aliphatic rings. The Hall–Kier alpha value is -1.79. The first-order valence-electron chi connectivity index (χ1n) is 7.28. The van der Waals surface area contributed by atoms with E-state index < -0.39 is 11.8 Å². The number of fused-ring (bicyclic) bond motifs is 1. The number of halogens is 3. The highest BCUT2D eigenvalue weighted by Crippen LogP contribution is 2.37. The molecule has 24 heavy (non-hydrogen) atoms. The number of carbonyl (C=O) groups is 1. The van der Waals surface area contributed by atoms with E-state index in [0.29, 0.717) is 21.8 Å². The van der Waals surface area contributed by atoms with Crippen molar-refractivity contribution in [1.29, 1.82) is 0 Å². The lowest BCUT2D eigenvalue weighted by atomic mass is 10.0. The molecule has 6 heteroatoms. The summed E-state index contributed by atoms with van der Waals surface area (Å²) in [6, 6.07) is 8.79. The lowest BCUT2D eigenvalue weighted by Crippen LogP contribution is -2.05. The van der Waals surface area contributed by atoms with Crippen LogP contribution in [0.15, 0.2) is 36.4 Å². The molecular weight excluding hydrogens is 398 g/mol. The fourth-order valence-electron chi connectivity index (χ4n) is 2.51. The molecule has 0 radical (unpaired) electrons. The summed E-state index contributed by atoms with van der Waals surface area (Å²) in [5.74, 6) is -1.44. The Labute approximate surface area is 150 Å². The summed E-state index contributed by atoms with van der Waals surface area (Å²) in [4.78, 5) is 12.9. The van der Waals surface area contributed by atoms with E-state index in [1.54, 1.807) is 25.1 Å². The molecule has 0 aliphatic heterocycles. The molecule has 1 heterocycles. The molecule has 0 bridgehead atoms. The topological polar surface area (TPSA) is 26.3 Å². The van der Waals surface area contributed by atoms with E-state index in [2.05, 4.69) is 15.9 Å². The predicted molar refractivity (Wildman–Crippen MR) is 95.8 cm³/mol. The maximum Gasteiger partial charge on any atom is 0.338 e. The van der Waals surface area contributed by atoms with Crippen LogP contribution in [0.5, 0.6) is 0 Å². The van der Waals surface area contributed by atoms with E-state index in [-0.39, 0.29) is 18.0 Å². The zero-order valence-electron chi connectivity index (χ0n) is 12.7. The van der Waals surface area contributed by atoms with E-state index in [0.717, 1.165) is 15.6 Å². The van der Waals surface area contributed by atoms with Gasteiger partial charge in [-0.3, -0.25) is 0 Å².